The molecule has 0 aliphatic rings. The molecule has 0 aromatic rings. The molecule has 0 saturated heterocycles. The Morgan fingerprint density at radius 2 is 2.07 bits per heavy atom. The number of methoxy groups -OCH3 is 1. The highest BCUT2D eigenvalue weighted by atomic mass is 16.5. The summed E-state index contributed by atoms with van der Waals surface area (Å²) in [7, 11) is 3.86. The molecule has 1 N–H and O–H groups in total. The first-order chi connectivity index (χ1) is 7.26. The minimum absolute atomic E-state index is 0.426. The van der Waals surface area contributed by atoms with Gasteiger partial charge < -0.3 is 14.8 Å². The lowest BCUT2D eigenvalue weighted by molar-refractivity contribution is 0.0720. The van der Waals surface area contributed by atoms with Crippen LogP contribution in [0.2, 0.25) is 0 Å². The molecule has 15 heavy (non-hydrogen) atoms. The van der Waals surface area contributed by atoms with E-state index in [0.717, 1.165) is 39.5 Å². The second-order valence-electron chi connectivity index (χ2n) is 3.59. The molecule has 0 saturated carbocycles. The van der Waals surface area contributed by atoms with E-state index >= 15 is 0 Å². The van der Waals surface area contributed by atoms with Gasteiger partial charge in [0.2, 0.25) is 0 Å². The first kappa shape index (κ1) is 14.8. The third-order valence-corrected chi connectivity index (χ3v) is 2.40. The van der Waals surface area contributed by atoms with E-state index in [1.807, 2.05) is 6.92 Å². The Bertz CT molecular complexity index is 134. The van der Waals surface area contributed by atoms with Gasteiger partial charge in [0, 0.05) is 32.8 Å². The van der Waals surface area contributed by atoms with E-state index in [1.165, 1.54) is 0 Å². The van der Waals surface area contributed by atoms with Crippen LogP contribution in [0.3, 0.4) is 0 Å². The van der Waals surface area contributed by atoms with Crippen LogP contribution in [0.25, 0.3) is 0 Å². The summed E-state index contributed by atoms with van der Waals surface area (Å²) in [5.74, 6) is 0. The Labute approximate surface area is 93.9 Å². The highest BCUT2D eigenvalue weighted by Crippen LogP contribution is 1.96. The highest BCUT2D eigenvalue weighted by molar-refractivity contribution is 4.70. The third-order valence-electron chi connectivity index (χ3n) is 2.40. The molecule has 0 fully saturated rings. The smallest absolute Gasteiger partial charge is 0.0630 e. The van der Waals surface area contributed by atoms with Crippen LogP contribution in [0.5, 0.6) is 0 Å². The summed E-state index contributed by atoms with van der Waals surface area (Å²) >= 11 is 0. The Morgan fingerprint density at radius 3 is 2.60 bits per heavy atom. The zero-order valence-corrected chi connectivity index (χ0v) is 10.6. The van der Waals surface area contributed by atoms with Gasteiger partial charge in [0.25, 0.3) is 0 Å². The lowest BCUT2D eigenvalue weighted by atomic mass is 10.2. The van der Waals surface area contributed by atoms with Crippen molar-refractivity contribution in [3.63, 3.8) is 0 Å². The van der Waals surface area contributed by atoms with E-state index < -0.39 is 0 Å². The predicted octanol–water partition coefficient (Wildman–Crippen LogP) is 0.579. The predicted molar refractivity (Wildman–Crippen MR) is 63.3 cm³/mol. The molecular formula is C11H26N2O2. The summed E-state index contributed by atoms with van der Waals surface area (Å²) in [4.78, 5) is 2.28. The maximum atomic E-state index is 5.33. The van der Waals surface area contributed by atoms with Crippen molar-refractivity contribution in [1.82, 2.24) is 10.2 Å². The number of likely N-dealkylation sites (N-methyl/N-ethyl adjacent to an activating group) is 2. The number of hydrogen-bond donors (Lipinski definition) is 1. The minimum atomic E-state index is 0.426. The van der Waals surface area contributed by atoms with Gasteiger partial charge in [-0.1, -0.05) is 6.92 Å². The van der Waals surface area contributed by atoms with Gasteiger partial charge in [0.1, 0.15) is 0 Å². The number of hydrogen-bond acceptors (Lipinski definition) is 4. The maximum absolute atomic E-state index is 5.33. The molecule has 1 atom stereocenters. The van der Waals surface area contributed by atoms with Crippen LogP contribution in [0.4, 0.5) is 0 Å². The third kappa shape index (κ3) is 7.73. The normalized spacial score (nSPS) is 13.4. The summed E-state index contributed by atoms with van der Waals surface area (Å²) in [6, 6.07) is 0.426. The standard InChI is InChI=1S/C11H26N2O2/c1-5-12-9-11(10-14-4)13(3)7-8-15-6-2/h11-12H,5-10H2,1-4H3. The van der Waals surface area contributed by atoms with E-state index in [0.29, 0.717) is 6.04 Å². The highest BCUT2D eigenvalue weighted by Gasteiger charge is 2.13. The van der Waals surface area contributed by atoms with Crippen molar-refractivity contribution < 1.29 is 9.47 Å². The van der Waals surface area contributed by atoms with E-state index in [9.17, 15) is 0 Å². The molecule has 0 bridgehead atoms. The molecule has 0 amide bonds. The molecular weight excluding hydrogens is 192 g/mol. The van der Waals surface area contributed by atoms with E-state index in [1.54, 1.807) is 7.11 Å². The average molecular weight is 218 g/mol. The second kappa shape index (κ2) is 10.4. The van der Waals surface area contributed by atoms with Crippen LogP contribution < -0.4 is 5.32 Å². The van der Waals surface area contributed by atoms with Crippen molar-refractivity contribution in [3.8, 4) is 0 Å². The van der Waals surface area contributed by atoms with Crippen molar-refractivity contribution in [2.45, 2.75) is 19.9 Å². The van der Waals surface area contributed by atoms with Crippen molar-refractivity contribution in [2.75, 3.05) is 53.6 Å². The van der Waals surface area contributed by atoms with Gasteiger partial charge in [-0.15, -0.1) is 0 Å². The summed E-state index contributed by atoms with van der Waals surface area (Å²) in [5, 5.41) is 3.34. The molecule has 0 heterocycles. The monoisotopic (exact) mass is 218 g/mol. The molecule has 4 heteroatoms. The van der Waals surface area contributed by atoms with Gasteiger partial charge in [-0.25, -0.2) is 0 Å². The summed E-state index contributed by atoms with van der Waals surface area (Å²) in [6.45, 7) is 9.39. The molecule has 1 unspecified atom stereocenters. The Hall–Kier alpha value is -0.160. The van der Waals surface area contributed by atoms with E-state index in [2.05, 4.69) is 24.2 Å². The molecule has 0 aliphatic heterocycles. The number of rotatable bonds is 10. The van der Waals surface area contributed by atoms with Crippen molar-refractivity contribution in [3.05, 3.63) is 0 Å². The van der Waals surface area contributed by atoms with Gasteiger partial charge in [-0.05, 0) is 20.5 Å². The first-order valence-electron chi connectivity index (χ1n) is 5.73. The quantitative estimate of drug-likeness (QED) is 0.544. The van der Waals surface area contributed by atoms with Crippen LogP contribution in [-0.2, 0) is 9.47 Å². The molecule has 0 radical (unpaired) electrons. The van der Waals surface area contributed by atoms with Crippen LogP contribution in [-0.4, -0.2) is 64.6 Å². The fraction of sp³-hybridized carbons (Fsp3) is 1.00. The van der Waals surface area contributed by atoms with Gasteiger partial charge in [0.05, 0.1) is 13.2 Å². The minimum Gasteiger partial charge on any atom is -0.383 e. The number of ether oxygens (including phenoxy) is 2. The Balaban J connectivity index is 3.75. The Kier molecular flexibility index (Phi) is 10.3. The van der Waals surface area contributed by atoms with Crippen LogP contribution in [0.1, 0.15) is 13.8 Å². The molecule has 0 aromatic heterocycles. The Morgan fingerprint density at radius 1 is 1.33 bits per heavy atom. The average Bonchev–Trinajstić information content (AvgIpc) is 2.24. The van der Waals surface area contributed by atoms with Crippen molar-refractivity contribution in [2.24, 2.45) is 0 Å². The lowest BCUT2D eigenvalue weighted by Gasteiger charge is -2.27. The van der Waals surface area contributed by atoms with Gasteiger partial charge in [-0.2, -0.15) is 0 Å². The van der Waals surface area contributed by atoms with Crippen molar-refractivity contribution >= 4 is 0 Å². The summed E-state index contributed by atoms with van der Waals surface area (Å²) < 4.78 is 10.5. The molecule has 0 aliphatic carbocycles. The van der Waals surface area contributed by atoms with Gasteiger partial charge >= 0.3 is 0 Å². The molecule has 4 nitrogen and oxygen atoms in total. The van der Waals surface area contributed by atoms with Crippen molar-refractivity contribution in [1.29, 1.82) is 0 Å². The second-order valence-corrected chi connectivity index (χ2v) is 3.59. The summed E-state index contributed by atoms with van der Waals surface area (Å²) in [6.07, 6.45) is 0. The maximum Gasteiger partial charge on any atom is 0.0630 e. The van der Waals surface area contributed by atoms with Crippen LogP contribution in [0, 0.1) is 0 Å². The van der Waals surface area contributed by atoms with Crippen LogP contribution in [0.15, 0.2) is 0 Å². The first-order valence-corrected chi connectivity index (χ1v) is 5.73. The van der Waals surface area contributed by atoms with Crippen LogP contribution >= 0.6 is 0 Å². The van der Waals surface area contributed by atoms with E-state index in [4.69, 9.17) is 9.47 Å². The topological polar surface area (TPSA) is 33.7 Å². The molecule has 0 aromatic carbocycles. The largest absolute Gasteiger partial charge is 0.383 e. The fourth-order valence-corrected chi connectivity index (χ4v) is 1.38. The van der Waals surface area contributed by atoms with Gasteiger partial charge in [-0.3, -0.25) is 4.90 Å². The SMILES string of the molecule is CCNCC(COC)N(C)CCOCC. The lowest BCUT2D eigenvalue weighted by Crippen LogP contribution is -2.44. The summed E-state index contributed by atoms with van der Waals surface area (Å²) in [5.41, 5.74) is 0. The number of nitrogens with one attached hydrogen (secondary N) is 1. The molecule has 0 spiro atoms. The molecule has 0 rings (SSSR count). The zero-order chi connectivity index (χ0) is 11.5. The van der Waals surface area contributed by atoms with Gasteiger partial charge in [0.15, 0.2) is 0 Å². The van der Waals surface area contributed by atoms with E-state index in [-0.39, 0.29) is 0 Å². The number of nitrogens with zero attached hydrogens (tertiary/aromatic N) is 1. The zero-order valence-electron chi connectivity index (χ0n) is 10.6. The molecule has 92 valence electrons. The fourth-order valence-electron chi connectivity index (χ4n) is 1.38.